The maximum absolute atomic E-state index is 13.8. The standard InChI is InChI=1S/C39H49N9O8/c1-22(2)33(46-39(52)54-4)37(50)48-14-8-10-31(48)34-40-19-27(43-34)23-11-12-24-25(17-23)42-26-18-32(24)56-16-6-5-15-55-21-29(45-38(51)53-3)36(49)47-13-7-9-30(47)35-41-20-28(26)44-35/h11-12,17-20,22,29-31,33H,5-10,13-16,21H2,1-4H3,(H,40,43)(H,41,44)(H,45,51)(H,46,52)/t29-,30-,31+,33-/m0/s1. The monoisotopic (exact) mass is 771 g/mol. The molecule has 3 aliphatic heterocycles. The predicted octanol–water partition coefficient (Wildman–Crippen LogP) is 4.64. The number of aromatic amines is 2. The maximum atomic E-state index is 13.8. The van der Waals surface area contributed by atoms with Gasteiger partial charge in [0.2, 0.25) is 11.8 Å². The molecule has 4 bridgehead atoms. The lowest BCUT2D eigenvalue weighted by Gasteiger charge is -2.30. The molecule has 0 spiro atoms. The summed E-state index contributed by atoms with van der Waals surface area (Å²) in [6.45, 7) is 5.67. The smallest absolute Gasteiger partial charge is 0.407 e. The number of likely N-dealkylation sites (tertiary alicyclic amines) is 1. The summed E-state index contributed by atoms with van der Waals surface area (Å²) >= 11 is 0. The SMILES string of the molecule is COC(=O)N[C@H]1COCCCCOc2cc(nc3cc(-c4cnc([C@H]5CCCN5C(=O)[C@@H](NC(=O)OC)C(C)C)[nH]4)ccc23)-c2cnc([nH]2)[C@@H]2CCCN2C1=O. The zero-order chi connectivity index (χ0) is 39.3. The molecular weight excluding hydrogens is 722 g/mol. The van der Waals surface area contributed by atoms with E-state index in [0.717, 1.165) is 35.9 Å². The van der Waals surface area contributed by atoms with Gasteiger partial charge in [0, 0.05) is 36.7 Å². The number of imidazole rings is 2. The average molecular weight is 772 g/mol. The van der Waals surface area contributed by atoms with Crippen molar-refractivity contribution in [1.29, 1.82) is 0 Å². The summed E-state index contributed by atoms with van der Waals surface area (Å²) in [6.07, 6.45) is 6.54. The second-order valence-electron chi connectivity index (χ2n) is 14.7. The number of rotatable bonds is 6. The third-order valence-electron chi connectivity index (χ3n) is 10.6. The quantitative estimate of drug-likeness (QED) is 0.213. The Kier molecular flexibility index (Phi) is 11.7. The van der Waals surface area contributed by atoms with Crippen LogP contribution in [0.3, 0.4) is 0 Å². The van der Waals surface area contributed by atoms with Gasteiger partial charge in [0.25, 0.3) is 0 Å². The molecule has 3 aromatic heterocycles. The minimum absolute atomic E-state index is 0.0150. The summed E-state index contributed by atoms with van der Waals surface area (Å²) < 4.78 is 21.8. The number of methoxy groups -OCH3 is 2. The van der Waals surface area contributed by atoms with Crippen LogP contribution in [0.4, 0.5) is 9.59 Å². The Balaban J connectivity index is 1.17. The topological polar surface area (TPSA) is 206 Å². The van der Waals surface area contributed by atoms with Crippen molar-refractivity contribution in [2.24, 2.45) is 5.92 Å². The van der Waals surface area contributed by atoms with Crippen LogP contribution in [0, 0.1) is 5.92 Å². The fourth-order valence-corrected chi connectivity index (χ4v) is 7.68. The largest absolute Gasteiger partial charge is 0.493 e. The summed E-state index contributed by atoms with van der Waals surface area (Å²) in [5.41, 5.74) is 3.62. The molecule has 0 unspecified atom stereocenters. The van der Waals surface area contributed by atoms with Gasteiger partial charge in [-0.1, -0.05) is 19.9 Å². The van der Waals surface area contributed by atoms with Crippen LogP contribution in [0.1, 0.15) is 76.1 Å². The van der Waals surface area contributed by atoms with E-state index < -0.39 is 24.3 Å². The second-order valence-corrected chi connectivity index (χ2v) is 14.7. The van der Waals surface area contributed by atoms with Crippen LogP contribution >= 0.6 is 0 Å². The number of H-pyrrole nitrogens is 2. The van der Waals surface area contributed by atoms with Crippen molar-refractivity contribution >= 4 is 34.9 Å². The Bertz CT molecular complexity index is 2060. The number of pyridine rings is 1. The molecule has 4 aromatic rings. The van der Waals surface area contributed by atoms with Crippen molar-refractivity contribution in [2.45, 2.75) is 76.5 Å². The summed E-state index contributed by atoms with van der Waals surface area (Å²) in [7, 11) is 2.54. The number of aromatic nitrogens is 5. The Morgan fingerprint density at radius 1 is 0.893 bits per heavy atom. The van der Waals surface area contributed by atoms with Gasteiger partial charge in [-0.15, -0.1) is 0 Å². The molecular formula is C39H49N9O8. The summed E-state index contributed by atoms with van der Waals surface area (Å²) in [4.78, 5) is 76.5. The van der Waals surface area contributed by atoms with Crippen LogP contribution in [0.5, 0.6) is 5.75 Å². The molecule has 4 N–H and O–H groups in total. The van der Waals surface area contributed by atoms with Crippen molar-refractivity contribution in [3.05, 3.63) is 48.3 Å². The first-order valence-corrected chi connectivity index (χ1v) is 19.2. The van der Waals surface area contributed by atoms with Gasteiger partial charge in [0.15, 0.2) is 0 Å². The number of hydrogen-bond donors (Lipinski definition) is 4. The first kappa shape index (κ1) is 38.6. The minimum atomic E-state index is -0.904. The van der Waals surface area contributed by atoms with E-state index in [1.165, 1.54) is 14.2 Å². The molecule has 0 aliphatic carbocycles. The van der Waals surface area contributed by atoms with E-state index in [1.54, 1.807) is 22.2 Å². The van der Waals surface area contributed by atoms with Gasteiger partial charge in [0.1, 0.15) is 29.5 Å². The third-order valence-corrected chi connectivity index (χ3v) is 10.6. The zero-order valence-corrected chi connectivity index (χ0v) is 32.1. The number of ether oxygens (including phenoxy) is 4. The van der Waals surface area contributed by atoms with Crippen molar-refractivity contribution < 1.29 is 38.1 Å². The maximum Gasteiger partial charge on any atom is 0.407 e. The highest BCUT2D eigenvalue weighted by Gasteiger charge is 2.38. The number of nitrogens with zero attached hydrogens (tertiary/aromatic N) is 5. The van der Waals surface area contributed by atoms with Gasteiger partial charge in [0.05, 0.1) is 74.5 Å². The molecule has 4 amide bonds. The lowest BCUT2D eigenvalue weighted by atomic mass is 10.0. The van der Waals surface area contributed by atoms with Gasteiger partial charge in [-0.2, -0.15) is 0 Å². The molecule has 0 saturated carbocycles. The van der Waals surface area contributed by atoms with Crippen LogP contribution in [0.15, 0.2) is 36.7 Å². The first-order valence-electron chi connectivity index (χ1n) is 19.2. The molecule has 2 fully saturated rings. The van der Waals surface area contributed by atoms with Crippen LogP contribution < -0.4 is 15.4 Å². The molecule has 17 heteroatoms. The molecule has 2 saturated heterocycles. The Labute approximate surface area is 324 Å². The molecule has 1 aromatic carbocycles. The number of amides is 4. The van der Waals surface area contributed by atoms with Crippen molar-refractivity contribution in [3.8, 4) is 28.4 Å². The lowest BCUT2D eigenvalue weighted by Crippen LogP contribution is -2.51. The number of alkyl carbamates (subject to hydrolysis) is 2. The predicted molar refractivity (Wildman–Crippen MR) is 203 cm³/mol. The van der Waals surface area contributed by atoms with Crippen molar-refractivity contribution in [3.63, 3.8) is 0 Å². The van der Waals surface area contributed by atoms with E-state index in [1.807, 2.05) is 38.1 Å². The van der Waals surface area contributed by atoms with E-state index in [-0.39, 0.29) is 36.4 Å². The molecule has 17 nitrogen and oxygen atoms in total. The first-order chi connectivity index (χ1) is 27.1. The minimum Gasteiger partial charge on any atom is -0.493 e. The highest BCUT2D eigenvalue weighted by atomic mass is 16.5. The Morgan fingerprint density at radius 3 is 2.39 bits per heavy atom. The molecule has 3 aliphatic rings. The number of carbonyl (C=O) groups excluding carboxylic acids is 4. The lowest BCUT2D eigenvalue weighted by molar-refractivity contribution is -0.136. The zero-order valence-electron chi connectivity index (χ0n) is 32.1. The van der Waals surface area contributed by atoms with E-state index >= 15 is 0 Å². The summed E-state index contributed by atoms with van der Waals surface area (Å²) in [5, 5.41) is 6.17. The number of nitrogens with one attached hydrogen (secondary N) is 4. The van der Waals surface area contributed by atoms with Crippen LogP contribution in [0.25, 0.3) is 33.5 Å². The van der Waals surface area contributed by atoms with Crippen LogP contribution in [-0.2, 0) is 23.8 Å². The number of hydrogen-bond acceptors (Lipinski definition) is 11. The highest BCUT2D eigenvalue weighted by molar-refractivity contribution is 5.91. The molecule has 0 radical (unpaired) electrons. The fraction of sp³-hybridized carbons (Fsp3) is 0.513. The molecule has 6 heterocycles. The number of fused-ring (bicyclic) bond motifs is 9. The third kappa shape index (κ3) is 8.12. The Morgan fingerprint density at radius 2 is 1.61 bits per heavy atom. The summed E-state index contributed by atoms with van der Waals surface area (Å²) in [5.74, 6) is 1.39. The second kappa shape index (κ2) is 17.0. The van der Waals surface area contributed by atoms with E-state index in [4.69, 9.17) is 33.9 Å². The van der Waals surface area contributed by atoms with Crippen LogP contribution in [0.2, 0.25) is 0 Å². The molecule has 4 atom stereocenters. The van der Waals surface area contributed by atoms with E-state index in [0.29, 0.717) is 79.9 Å². The Hall–Kier alpha value is -5.71. The van der Waals surface area contributed by atoms with Gasteiger partial charge < -0.3 is 49.3 Å². The van der Waals surface area contributed by atoms with E-state index in [9.17, 15) is 19.2 Å². The fourth-order valence-electron chi connectivity index (χ4n) is 7.68. The van der Waals surface area contributed by atoms with Gasteiger partial charge in [-0.05, 0) is 56.6 Å². The number of carbonyl (C=O) groups is 4. The molecule has 7 rings (SSSR count). The van der Waals surface area contributed by atoms with Crippen LogP contribution in [-0.4, -0.2) is 118 Å². The van der Waals surface area contributed by atoms with Crippen molar-refractivity contribution in [1.82, 2.24) is 45.4 Å². The van der Waals surface area contributed by atoms with Gasteiger partial charge >= 0.3 is 12.2 Å². The average Bonchev–Trinajstić information content (AvgIpc) is 4.04. The van der Waals surface area contributed by atoms with Crippen molar-refractivity contribution in [2.75, 3.05) is 47.1 Å². The number of benzene rings is 1. The van der Waals surface area contributed by atoms with Gasteiger partial charge in [-0.3, -0.25) is 9.59 Å². The van der Waals surface area contributed by atoms with E-state index in [2.05, 4.69) is 20.6 Å². The van der Waals surface area contributed by atoms with Gasteiger partial charge in [-0.25, -0.2) is 24.5 Å². The summed E-state index contributed by atoms with van der Waals surface area (Å²) in [6, 6.07) is 5.63. The normalized spacial score (nSPS) is 20.9. The molecule has 298 valence electrons. The molecule has 56 heavy (non-hydrogen) atoms. The highest BCUT2D eigenvalue weighted by Crippen LogP contribution is 2.37.